The molecule has 1 aromatic heterocycles. The zero-order valence-electron chi connectivity index (χ0n) is 13.2. The van der Waals surface area contributed by atoms with Crippen molar-refractivity contribution < 1.29 is 9.72 Å². The van der Waals surface area contributed by atoms with Gasteiger partial charge in [0, 0.05) is 23.8 Å². The second kappa shape index (κ2) is 7.55. The Morgan fingerprint density at radius 1 is 1.15 bits per heavy atom. The fraction of sp³-hybridized carbons (Fsp3) is 0.0588. The second-order valence-corrected chi connectivity index (χ2v) is 6.13. The van der Waals surface area contributed by atoms with Crippen molar-refractivity contribution in [1.82, 2.24) is 9.78 Å². The molecule has 3 aromatic rings. The van der Waals surface area contributed by atoms with E-state index < -0.39 is 10.8 Å². The monoisotopic (exact) mass is 390 g/mol. The van der Waals surface area contributed by atoms with Crippen LogP contribution < -0.4 is 5.32 Å². The maximum absolute atomic E-state index is 12.3. The van der Waals surface area contributed by atoms with Gasteiger partial charge in [-0.2, -0.15) is 5.10 Å². The van der Waals surface area contributed by atoms with Gasteiger partial charge in [0.05, 0.1) is 27.7 Å². The van der Waals surface area contributed by atoms with Crippen LogP contribution in [0.25, 0.3) is 0 Å². The van der Waals surface area contributed by atoms with Gasteiger partial charge in [-0.3, -0.25) is 14.9 Å². The van der Waals surface area contributed by atoms with Gasteiger partial charge in [-0.05, 0) is 23.8 Å². The molecule has 1 N–H and O–H groups in total. The predicted molar refractivity (Wildman–Crippen MR) is 98.8 cm³/mol. The molecule has 3 rings (SSSR count). The Labute approximate surface area is 158 Å². The van der Waals surface area contributed by atoms with Gasteiger partial charge in [-0.1, -0.05) is 35.3 Å². The molecule has 9 heteroatoms. The fourth-order valence-corrected chi connectivity index (χ4v) is 2.70. The lowest BCUT2D eigenvalue weighted by Crippen LogP contribution is -2.16. The molecule has 132 valence electrons. The first-order chi connectivity index (χ1) is 12.5. The molecule has 0 aliphatic carbocycles. The first kappa shape index (κ1) is 17.9. The third-order valence-corrected chi connectivity index (χ3v) is 4.51. The van der Waals surface area contributed by atoms with Crippen molar-refractivity contribution in [3.05, 3.63) is 86.0 Å². The molecule has 1 heterocycles. The second-order valence-electron chi connectivity index (χ2n) is 5.35. The molecule has 0 atom stereocenters. The smallest absolute Gasteiger partial charge is 0.269 e. The summed E-state index contributed by atoms with van der Waals surface area (Å²) in [6.45, 7) is 0.322. The molecule has 0 radical (unpaired) electrons. The first-order valence-corrected chi connectivity index (χ1v) is 8.22. The van der Waals surface area contributed by atoms with Crippen LogP contribution in [0.3, 0.4) is 0 Å². The molecule has 26 heavy (non-hydrogen) atoms. The summed E-state index contributed by atoms with van der Waals surface area (Å²) in [6.07, 6.45) is 1.55. The van der Waals surface area contributed by atoms with Crippen molar-refractivity contribution in [3.8, 4) is 0 Å². The number of halogens is 2. The minimum absolute atomic E-state index is 0.0813. The zero-order chi connectivity index (χ0) is 18.7. The van der Waals surface area contributed by atoms with Gasteiger partial charge in [0.1, 0.15) is 5.82 Å². The van der Waals surface area contributed by atoms with Crippen LogP contribution in [0.2, 0.25) is 10.0 Å². The van der Waals surface area contributed by atoms with E-state index in [1.807, 2.05) is 6.07 Å². The topological polar surface area (TPSA) is 90.1 Å². The van der Waals surface area contributed by atoms with Gasteiger partial charge in [-0.25, -0.2) is 4.68 Å². The molecule has 0 fully saturated rings. The average Bonchev–Trinajstić information content (AvgIpc) is 3.05. The Hall–Kier alpha value is -2.90. The lowest BCUT2D eigenvalue weighted by atomic mass is 10.2. The average molecular weight is 391 g/mol. The number of nitro benzene ring substituents is 1. The molecule has 0 saturated carbocycles. The highest BCUT2D eigenvalue weighted by atomic mass is 35.5. The van der Waals surface area contributed by atoms with E-state index in [0.717, 1.165) is 5.56 Å². The summed E-state index contributed by atoms with van der Waals surface area (Å²) in [5.41, 5.74) is 0.972. The molecular formula is C17H12Cl2N4O3. The lowest BCUT2D eigenvalue weighted by Gasteiger charge is -2.11. The molecule has 0 aliphatic heterocycles. The number of hydrogen-bond acceptors (Lipinski definition) is 4. The van der Waals surface area contributed by atoms with Gasteiger partial charge < -0.3 is 5.32 Å². The number of benzene rings is 2. The standard InChI is InChI=1S/C17H12Cl2N4O3/c18-14-3-1-2-12(16(14)19)10-22-15(8-9-20-22)21-17(24)11-4-6-13(7-5-11)23(25)26/h1-9H,10H2,(H,21,24). The van der Waals surface area contributed by atoms with Crippen molar-refractivity contribution in [2.75, 3.05) is 5.32 Å². The Balaban J connectivity index is 1.77. The maximum atomic E-state index is 12.3. The number of anilines is 1. The molecule has 1 amide bonds. The van der Waals surface area contributed by atoms with Crippen LogP contribution >= 0.6 is 23.2 Å². The highest BCUT2D eigenvalue weighted by molar-refractivity contribution is 6.42. The number of carbonyl (C=O) groups is 1. The summed E-state index contributed by atoms with van der Waals surface area (Å²) in [4.78, 5) is 22.5. The van der Waals surface area contributed by atoms with Crippen molar-refractivity contribution in [2.24, 2.45) is 0 Å². The highest BCUT2D eigenvalue weighted by Gasteiger charge is 2.13. The van der Waals surface area contributed by atoms with Crippen LogP contribution in [0.1, 0.15) is 15.9 Å². The van der Waals surface area contributed by atoms with Crippen molar-refractivity contribution >= 4 is 40.6 Å². The number of amides is 1. The van der Waals surface area contributed by atoms with E-state index in [1.165, 1.54) is 24.3 Å². The molecule has 0 spiro atoms. The van der Waals surface area contributed by atoms with E-state index in [2.05, 4.69) is 10.4 Å². The third kappa shape index (κ3) is 3.84. The zero-order valence-corrected chi connectivity index (χ0v) is 14.7. The summed E-state index contributed by atoms with van der Waals surface area (Å²) in [5.74, 6) is 0.0585. The summed E-state index contributed by atoms with van der Waals surface area (Å²) in [7, 11) is 0. The Morgan fingerprint density at radius 3 is 2.58 bits per heavy atom. The maximum Gasteiger partial charge on any atom is 0.269 e. The minimum Gasteiger partial charge on any atom is -0.307 e. The number of nitro groups is 1. The van der Waals surface area contributed by atoms with E-state index in [1.54, 1.807) is 29.1 Å². The number of rotatable bonds is 5. The first-order valence-electron chi connectivity index (χ1n) is 7.46. The largest absolute Gasteiger partial charge is 0.307 e. The summed E-state index contributed by atoms with van der Waals surface area (Å²) >= 11 is 12.2. The summed E-state index contributed by atoms with van der Waals surface area (Å²) < 4.78 is 1.57. The molecule has 0 bridgehead atoms. The Morgan fingerprint density at radius 2 is 1.88 bits per heavy atom. The number of nitrogens with one attached hydrogen (secondary N) is 1. The van der Waals surface area contributed by atoms with Gasteiger partial charge in [0.2, 0.25) is 0 Å². The Bertz CT molecular complexity index is 970. The van der Waals surface area contributed by atoms with Crippen LogP contribution in [-0.2, 0) is 6.54 Å². The van der Waals surface area contributed by atoms with Crippen molar-refractivity contribution in [2.45, 2.75) is 6.54 Å². The number of aromatic nitrogens is 2. The van der Waals surface area contributed by atoms with Crippen LogP contribution in [0.5, 0.6) is 0 Å². The minimum atomic E-state index is -0.522. The van der Waals surface area contributed by atoms with Crippen molar-refractivity contribution in [3.63, 3.8) is 0 Å². The lowest BCUT2D eigenvalue weighted by molar-refractivity contribution is -0.384. The van der Waals surface area contributed by atoms with E-state index >= 15 is 0 Å². The van der Waals surface area contributed by atoms with E-state index in [-0.39, 0.29) is 5.69 Å². The molecule has 2 aromatic carbocycles. The molecule has 0 aliphatic rings. The predicted octanol–water partition coefficient (Wildman–Crippen LogP) is 4.40. The number of carbonyl (C=O) groups excluding carboxylic acids is 1. The molecule has 7 nitrogen and oxygen atoms in total. The summed E-state index contributed by atoms with van der Waals surface area (Å²) in [6, 6.07) is 12.3. The van der Waals surface area contributed by atoms with E-state index in [4.69, 9.17) is 23.2 Å². The van der Waals surface area contributed by atoms with Gasteiger partial charge in [0.15, 0.2) is 0 Å². The molecule has 0 saturated heterocycles. The number of non-ortho nitro benzene ring substituents is 1. The van der Waals surface area contributed by atoms with Crippen molar-refractivity contribution in [1.29, 1.82) is 0 Å². The third-order valence-electron chi connectivity index (χ3n) is 3.65. The number of nitrogens with zero attached hydrogens (tertiary/aromatic N) is 3. The van der Waals surface area contributed by atoms with Gasteiger partial charge in [0.25, 0.3) is 11.6 Å². The Kier molecular flexibility index (Phi) is 5.20. The molecule has 0 unspecified atom stereocenters. The molecular weight excluding hydrogens is 379 g/mol. The fourth-order valence-electron chi connectivity index (χ4n) is 2.32. The summed E-state index contributed by atoms with van der Waals surface area (Å²) in [5, 5.41) is 18.4. The van der Waals surface area contributed by atoms with Crippen LogP contribution in [-0.4, -0.2) is 20.6 Å². The van der Waals surface area contributed by atoms with Gasteiger partial charge in [-0.15, -0.1) is 0 Å². The van der Waals surface area contributed by atoms with Crippen LogP contribution in [0.15, 0.2) is 54.7 Å². The normalized spacial score (nSPS) is 10.5. The van der Waals surface area contributed by atoms with E-state index in [0.29, 0.717) is 28.0 Å². The SMILES string of the molecule is O=C(Nc1ccnn1Cc1cccc(Cl)c1Cl)c1ccc([N+](=O)[O-])cc1. The quantitative estimate of drug-likeness (QED) is 0.516. The van der Waals surface area contributed by atoms with Crippen LogP contribution in [0.4, 0.5) is 11.5 Å². The van der Waals surface area contributed by atoms with Crippen LogP contribution in [0, 0.1) is 10.1 Å². The van der Waals surface area contributed by atoms with E-state index in [9.17, 15) is 14.9 Å². The van der Waals surface area contributed by atoms with Gasteiger partial charge >= 0.3 is 0 Å². The number of hydrogen-bond donors (Lipinski definition) is 1. The highest BCUT2D eigenvalue weighted by Crippen LogP contribution is 2.26.